The molecule has 0 atom stereocenters. The summed E-state index contributed by atoms with van der Waals surface area (Å²) in [5.74, 6) is 1.68. The van der Waals surface area contributed by atoms with Crippen molar-refractivity contribution in [2.75, 3.05) is 0 Å². The molecule has 6 rings (SSSR count). The van der Waals surface area contributed by atoms with Gasteiger partial charge in [-0.2, -0.15) is 5.10 Å². The van der Waals surface area contributed by atoms with Crippen molar-refractivity contribution >= 4 is 5.65 Å². The van der Waals surface area contributed by atoms with Gasteiger partial charge in [0.1, 0.15) is 0 Å². The zero-order valence-electron chi connectivity index (χ0n) is 31.5. The number of aromatic nitrogens is 5. The summed E-state index contributed by atoms with van der Waals surface area (Å²) in [4.78, 5) is 10.0. The Morgan fingerprint density at radius 2 is 1.46 bits per heavy atom. The van der Waals surface area contributed by atoms with Crippen molar-refractivity contribution in [1.29, 1.82) is 0 Å². The third kappa shape index (κ3) is 7.23. The average molecular weight is 847 g/mol. The third-order valence-corrected chi connectivity index (χ3v) is 9.17. The fourth-order valence-corrected chi connectivity index (χ4v) is 6.51. The minimum atomic E-state index is -0.141. The van der Waals surface area contributed by atoms with E-state index in [4.69, 9.17) is 19.8 Å². The molecule has 4 heterocycles. The molecule has 7 heteroatoms. The van der Waals surface area contributed by atoms with Crippen molar-refractivity contribution in [1.82, 2.24) is 24.1 Å². The van der Waals surface area contributed by atoms with E-state index in [1.54, 1.807) is 0 Å². The van der Waals surface area contributed by atoms with Gasteiger partial charge in [-0.25, -0.2) is 0 Å². The van der Waals surface area contributed by atoms with Crippen LogP contribution in [0.4, 0.5) is 0 Å². The topological polar surface area (TPSA) is 57.2 Å². The zero-order chi connectivity index (χ0) is 35.4. The van der Waals surface area contributed by atoms with Gasteiger partial charge < -0.3 is 14.1 Å². The zero-order valence-corrected chi connectivity index (χ0v) is 33.7. The van der Waals surface area contributed by atoms with Crippen LogP contribution in [0.25, 0.3) is 33.7 Å². The van der Waals surface area contributed by atoms with Crippen LogP contribution in [0.3, 0.4) is 0 Å². The fraction of sp³-hybridized carbons (Fsp3) is 0.372. The van der Waals surface area contributed by atoms with E-state index in [-0.39, 0.29) is 43.7 Å². The summed E-state index contributed by atoms with van der Waals surface area (Å²) in [5.41, 5.74) is 12.0. The second-order valence-electron chi connectivity index (χ2n) is 15.9. The van der Waals surface area contributed by atoms with Gasteiger partial charge in [-0.05, 0) is 71.3 Å². The number of imidazole rings is 1. The molecule has 0 amide bonds. The number of ether oxygens (including phenoxy) is 1. The molecule has 0 saturated carbocycles. The maximum atomic E-state index is 6.78. The van der Waals surface area contributed by atoms with Gasteiger partial charge in [0.15, 0.2) is 0 Å². The standard InChI is InChI=1S/C43H49N5O.Pt/c1-26(2)39-40(27(3)4)47-25-35(24-36(41(47)45-39)37-22-31(18-19-44-37)42(7,8)9)49-34-21-32(43(10,11)12)20-33(23-34)48-29(6)38(28(5)46-48)30-16-14-13-15-17-30;/h13-22,25-27H,1-12H3;/q-2;+2. The average Bonchev–Trinajstić information content (AvgIpc) is 3.57. The number of aryl methyl sites for hydroxylation is 1. The monoisotopic (exact) mass is 846 g/mol. The molecule has 4 aromatic heterocycles. The Balaban J connectivity index is 0.00000486. The van der Waals surface area contributed by atoms with Crippen molar-refractivity contribution in [2.24, 2.45) is 0 Å². The van der Waals surface area contributed by atoms with Crippen molar-refractivity contribution in [3.05, 3.63) is 113 Å². The number of fused-ring (bicyclic) bond motifs is 1. The van der Waals surface area contributed by atoms with Crippen LogP contribution < -0.4 is 4.74 Å². The molecular weight excluding hydrogens is 798 g/mol. The quantitative estimate of drug-likeness (QED) is 0.150. The second kappa shape index (κ2) is 13.9. The second-order valence-corrected chi connectivity index (χ2v) is 15.9. The Hall–Kier alpha value is -4.02. The first-order valence-corrected chi connectivity index (χ1v) is 17.4. The van der Waals surface area contributed by atoms with Crippen molar-refractivity contribution in [3.63, 3.8) is 0 Å². The Bertz CT molecular complexity index is 2140. The summed E-state index contributed by atoms with van der Waals surface area (Å²) < 4.78 is 11.0. The molecule has 262 valence electrons. The van der Waals surface area contributed by atoms with Crippen LogP contribution >= 0.6 is 0 Å². The van der Waals surface area contributed by atoms with E-state index in [9.17, 15) is 0 Å². The Labute approximate surface area is 312 Å². The Kier molecular flexibility index (Phi) is 10.4. The molecule has 2 aromatic carbocycles. The van der Waals surface area contributed by atoms with E-state index in [2.05, 4.69) is 148 Å². The van der Waals surface area contributed by atoms with Crippen LogP contribution in [0, 0.1) is 26.0 Å². The molecule has 50 heavy (non-hydrogen) atoms. The summed E-state index contributed by atoms with van der Waals surface area (Å²) in [6.45, 7) is 26.3. The number of pyridine rings is 2. The molecule has 0 aliphatic heterocycles. The summed E-state index contributed by atoms with van der Waals surface area (Å²) in [6.07, 6.45) is 3.91. The van der Waals surface area contributed by atoms with Crippen molar-refractivity contribution in [2.45, 2.75) is 106 Å². The molecule has 0 saturated heterocycles. The van der Waals surface area contributed by atoms with Gasteiger partial charge in [-0.15, -0.1) is 23.8 Å². The van der Waals surface area contributed by atoms with Gasteiger partial charge in [0.2, 0.25) is 0 Å². The van der Waals surface area contributed by atoms with Crippen LogP contribution in [0.5, 0.6) is 11.5 Å². The molecule has 0 bridgehead atoms. The number of benzene rings is 2. The molecule has 6 aromatic rings. The summed E-state index contributed by atoms with van der Waals surface area (Å²) >= 11 is 0. The number of hydrogen-bond donors (Lipinski definition) is 0. The van der Waals surface area contributed by atoms with Gasteiger partial charge in [-0.1, -0.05) is 117 Å². The SMILES string of the molecule is Cc1nn(-c2[c-]c(Oc3[c-]c(-c4cc(C(C)(C)C)ccn4)c4nc(C(C)C)c(C(C)C)n4c3)cc(C(C)(C)C)c2)c(C)c1-c1ccccc1.[Pt+2]. The van der Waals surface area contributed by atoms with Gasteiger partial charge in [0, 0.05) is 28.9 Å². The van der Waals surface area contributed by atoms with E-state index in [1.165, 1.54) is 11.3 Å². The van der Waals surface area contributed by atoms with Crippen LogP contribution in [0.1, 0.15) is 115 Å². The van der Waals surface area contributed by atoms with E-state index in [1.807, 2.05) is 23.1 Å². The largest absolute Gasteiger partial charge is 2.00 e. The molecular formula is C43H49N5OPt. The van der Waals surface area contributed by atoms with Crippen LogP contribution in [0.2, 0.25) is 0 Å². The fourth-order valence-electron chi connectivity index (χ4n) is 6.51. The summed E-state index contributed by atoms with van der Waals surface area (Å²) in [7, 11) is 0. The minimum Gasteiger partial charge on any atom is -0.501 e. The van der Waals surface area contributed by atoms with Crippen LogP contribution in [-0.2, 0) is 31.9 Å². The van der Waals surface area contributed by atoms with Gasteiger partial charge >= 0.3 is 21.1 Å². The normalized spacial score (nSPS) is 12.2. The smallest absolute Gasteiger partial charge is 0.501 e. The molecule has 0 unspecified atom stereocenters. The predicted octanol–water partition coefficient (Wildman–Crippen LogP) is 11.1. The van der Waals surface area contributed by atoms with Crippen LogP contribution in [-0.4, -0.2) is 24.1 Å². The van der Waals surface area contributed by atoms with Gasteiger partial charge in [-0.3, -0.25) is 9.67 Å². The molecule has 0 aliphatic carbocycles. The van der Waals surface area contributed by atoms with Crippen molar-refractivity contribution in [3.8, 4) is 39.6 Å². The first-order valence-electron chi connectivity index (χ1n) is 17.4. The van der Waals surface area contributed by atoms with E-state index < -0.39 is 0 Å². The molecule has 0 N–H and O–H groups in total. The predicted molar refractivity (Wildman–Crippen MR) is 200 cm³/mol. The van der Waals surface area contributed by atoms with Crippen molar-refractivity contribution < 1.29 is 25.8 Å². The number of nitrogens with zero attached hydrogens (tertiary/aromatic N) is 5. The van der Waals surface area contributed by atoms with E-state index >= 15 is 0 Å². The maximum absolute atomic E-state index is 6.78. The third-order valence-electron chi connectivity index (χ3n) is 9.17. The number of rotatable bonds is 7. The first-order chi connectivity index (χ1) is 23.0. The molecule has 0 aliphatic rings. The van der Waals surface area contributed by atoms with Gasteiger partial charge in [0.25, 0.3) is 0 Å². The summed E-state index contributed by atoms with van der Waals surface area (Å²) in [5, 5.41) is 5.00. The first kappa shape index (κ1) is 37.2. The molecule has 0 radical (unpaired) electrons. The summed E-state index contributed by atoms with van der Waals surface area (Å²) in [6, 6.07) is 26.1. The molecule has 0 fully saturated rings. The molecule has 6 nitrogen and oxygen atoms in total. The Morgan fingerprint density at radius 3 is 2.08 bits per heavy atom. The maximum Gasteiger partial charge on any atom is 2.00 e. The minimum absolute atomic E-state index is 0. The Morgan fingerprint density at radius 1 is 0.780 bits per heavy atom. The van der Waals surface area contributed by atoms with E-state index in [0.717, 1.165) is 56.4 Å². The molecule has 0 spiro atoms. The van der Waals surface area contributed by atoms with Gasteiger partial charge in [0.05, 0.1) is 22.8 Å². The number of hydrogen-bond acceptors (Lipinski definition) is 4. The van der Waals surface area contributed by atoms with Crippen LogP contribution in [0.15, 0.2) is 67.0 Å². The van der Waals surface area contributed by atoms with E-state index in [0.29, 0.717) is 11.5 Å².